The van der Waals surface area contributed by atoms with Gasteiger partial charge in [-0.2, -0.15) is 5.10 Å². The van der Waals surface area contributed by atoms with Crippen LogP contribution in [-0.4, -0.2) is 16.1 Å². The van der Waals surface area contributed by atoms with Gasteiger partial charge in [-0.05, 0) is 30.7 Å². The largest absolute Gasteiger partial charge is 0.379 e. The minimum absolute atomic E-state index is 0.0221. The fourth-order valence-corrected chi connectivity index (χ4v) is 1.77. The molecule has 0 saturated carbocycles. The Morgan fingerprint density at radius 1 is 1.32 bits per heavy atom. The first-order valence-corrected chi connectivity index (χ1v) is 6.32. The molecule has 0 radical (unpaired) electrons. The summed E-state index contributed by atoms with van der Waals surface area (Å²) in [5.41, 5.74) is 3.90. The van der Waals surface area contributed by atoms with Crippen LogP contribution in [0.5, 0.6) is 0 Å². The first-order valence-electron chi connectivity index (χ1n) is 6.32. The van der Waals surface area contributed by atoms with E-state index in [0.717, 1.165) is 22.6 Å². The van der Waals surface area contributed by atoms with Gasteiger partial charge in [-0.25, -0.2) is 0 Å². The lowest BCUT2D eigenvalue weighted by Crippen LogP contribution is -2.11. The van der Waals surface area contributed by atoms with Gasteiger partial charge in [0.15, 0.2) is 0 Å². The number of nitrogens with one attached hydrogen (secondary N) is 3. The van der Waals surface area contributed by atoms with Crippen LogP contribution in [0.3, 0.4) is 0 Å². The molecular formula is C14H18N4O. The molecule has 0 saturated heterocycles. The maximum atomic E-state index is 11.4. The Morgan fingerprint density at radius 3 is 2.79 bits per heavy atom. The fourth-order valence-electron chi connectivity index (χ4n) is 1.77. The quantitative estimate of drug-likeness (QED) is 0.772. The Balaban J connectivity index is 2.08. The summed E-state index contributed by atoms with van der Waals surface area (Å²) < 4.78 is 0. The van der Waals surface area contributed by atoms with E-state index in [4.69, 9.17) is 0 Å². The second-order valence-electron chi connectivity index (χ2n) is 4.32. The van der Waals surface area contributed by atoms with Gasteiger partial charge in [0.05, 0.1) is 12.2 Å². The summed E-state index contributed by atoms with van der Waals surface area (Å²) in [5, 5.41) is 13.0. The summed E-state index contributed by atoms with van der Waals surface area (Å²) in [5.74, 6) is 0.0221. The summed E-state index contributed by atoms with van der Waals surface area (Å²) in [7, 11) is 0. The smallest absolute Gasteiger partial charge is 0.224 e. The van der Waals surface area contributed by atoms with Crippen molar-refractivity contribution in [1.82, 2.24) is 10.2 Å². The number of hydrogen-bond acceptors (Lipinski definition) is 3. The number of rotatable bonds is 5. The highest BCUT2D eigenvalue weighted by Crippen LogP contribution is 2.23. The topological polar surface area (TPSA) is 69.8 Å². The monoisotopic (exact) mass is 258 g/mol. The van der Waals surface area contributed by atoms with Crippen molar-refractivity contribution >= 4 is 17.3 Å². The van der Waals surface area contributed by atoms with Gasteiger partial charge in [0, 0.05) is 24.0 Å². The number of aromatic nitrogens is 2. The van der Waals surface area contributed by atoms with Crippen LogP contribution < -0.4 is 10.6 Å². The molecule has 5 nitrogen and oxygen atoms in total. The second kappa shape index (κ2) is 6.04. The third-order valence-corrected chi connectivity index (χ3v) is 2.96. The summed E-state index contributed by atoms with van der Waals surface area (Å²) >= 11 is 0. The third-order valence-electron chi connectivity index (χ3n) is 2.96. The van der Waals surface area contributed by atoms with Crippen molar-refractivity contribution < 1.29 is 4.79 Å². The highest BCUT2D eigenvalue weighted by atomic mass is 16.1. The Morgan fingerprint density at radius 2 is 2.11 bits per heavy atom. The van der Waals surface area contributed by atoms with E-state index in [1.165, 1.54) is 0 Å². The zero-order valence-electron chi connectivity index (χ0n) is 11.2. The van der Waals surface area contributed by atoms with Crippen LogP contribution in [0, 0.1) is 6.92 Å². The van der Waals surface area contributed by atoms with Crippen molar-refractivity contribution in [3.8, 4) is 0 Å². The van der Waals surface area contributed by atoms with Gasteiger partial charge >= 0.3 is 0 Å². The minimum atomic E-state index is 0.0221. The van der Waals surface area contributed by atoms with Crippen molar-refractivity contribution in [2.75, 3.05) is 10.6 Å². The molecule has 0 aliphatic carbocycles. The predicted octanol–water partition coefficient (Wildman–Crippen LogP) is 2.68. The fraction of sp³-hybridized carbons (Fsp3) is 0.286. The van der Waals surface area contributed by atoms with E-state index in [9.17, 15) is 4.79 Å². The molecule has 19 heavy (non-hydrogen) atoms. The Bertz CT molecular complexity index is 549. The highest BCUT2D eigenvalue weighted by Gasteiger charge is 2.06. The molecule has 2 rings (SSSR count). The molecule has 1 heterocycles. The first-order chi connectivity index (χ1) is 9.20. The normalized spacial score (nSPS) is 10.2. The van der Waals surface area contributed by atoms with Gasteiger partial charge < -0.3 is 10.6 Å². The molecule has 1 aromatic carbocycles. The molecule has 0 aliphatic heterocycles. The molecule has 5 heteroatoms. The molecule has 0 bridgehead atoms. The van der Waals surface area contributed by atoms with Gasteiger partial charge in [-0.1, -0.05) is 13.0 Å². The Hall–Kier alpha value is -2.30. The summed E-state index contributed by atoms with van der Waals surface area (Å²) in [6, 6.07) is 7.75. The molecule has 0 fully saturated rings. The van der Waals surface area contributed by atoms with Crippen LogP contribution in [0.15, 0.2) is 30.5 Å². The number of nitrogens with zero attached hydrogens (tertiary/aromatic N) is 1. The van der Waals surface area contributed by atoms with Crippen molar-refractivity contribution in [2.45, 2.75) is 26.8 Å². The molecule has 0 atom stereocenters. The lowest BCUT2D eigenvalue weighted by Gasteiger charge is -2.13. The van der Waals surface area contributed by atoms with Crippen LogP contribution in [0.1, 0.15) is 24.6 Å². The van der Waals surface area contributed by atoms with E-state index >= 15 is 0 Å². The lowest BCUT2D eigenvalue weighted by molar-refractivity contribution is -0.115. The molecule has 2 aromatic rings. The molecular weight excluding hydrogens is 240 g/mol. The Labute approximate surface area is 112 Å². The highest BCUT2D eigenvalue weighted by molar-refractivity contribution is 5.92. The van der Waals surface area contributed by atoms with Crippen LogP contribution >= 0.6 is 0 Å². The van der Waals surface area contributed by atoms with E-state index in [1.807, 2.05) is 38.1 Å². The SMILES string of the molecule is CCC(=O)Nc1cccc(NCc2ccn[nH]2)c1C. The number of anilines is 2. The number of hydrogen-bond donors (Lipinski definition) is 3. The van der Waals surface area contributed by atoms with E-state index in [0.29, 0.717) is 13.0 Å². The molecule has 1 aromatic heterocycles. The maximum absolute atomic E-state index is 11.4. The van der Waals surface area contributed by atoms with Crippen LogP contribution in [-0.2, 0) is 11.3 Å². The molecule has 1 amide bonds. The summed E-state index contributed by atoms with van der Waals surface area (Å²) in [6.07, 6.45) is 2.20. The number of aromatic amines is 1. The van der Waals surface area contributed by atoms with Crippen molar-refractivity contribution in [3.63, 3.8) is 0 Å². The van der Waals surface area contributed by atoms with E-state index < -0.39 is 0 Å². The number of benzene rings is 1. The lowest BCUT2D eigenvalue weighted by atomic mass is 10.1. The maximum Gasteiger partial charge on any atom is 0.224 e. The zero-order chi connectivity index (χ0) is 13.7. The zero-order valence-corrected chi connectivity index (χ0v) is 11.2. The molecule has 0 aliphatic rings. The van der Waals surface area contributed by atoms with Crippen LogP contribution in [0.25, 0.3) is 0 Å². The number of carbonyl (C=O) groups is 1. The van der Waals surface area contributed by atoms with Gasteiger partial charge in [0.1, 0.15) is 0 Å². The average molecular weight is 258 g/mol. The van der Waals surface area contributed by atoms with Crippen molar-refractivity contribution in [1.29, 1.82) is 0 Å². The number of H-pyrrole nitrogens is 1. The molecule has 100 valence electrons. The Kier molecular flexibility index (Phi) is 4.18. The molecule has 3 N–H and O–H groups in total. The second-order valence-corrected chi connectivity index (χ2v) is 4.32. The van der Waals surface area contributed by atoms with Gasteiger partial charge in [0.25, 0.3) is 0 Å². The summed E-state index contributed by atoms with van der Waals surface area (Å²) in [4.78, 5) is 11.4. The van der Waals surface area contributed by atoms with Crippen molar-refractivity contribution in [3.05, 3.63) is 41.7 Å². The van der Waals surface area contributed by atoms with Crippen LogP contribution in [0.2, 0.25) is 0 Å². The first kappa shape index (κ1) is 13.1. The van der Waals surface area contributed by atoms with Gasteiger partial charge in [-0.3, -0.25) is 9.89 Å². The van der Waals surface area contributed by atoms with E-state index in [1.54, 1.807) is 6.20 Å². The minimum Gasteiger partial charge on any atom is -0.379 e. The average Bonchev–Trinajstić information content (AvgIpc) is 2.93. The standard InChI is InChI=1S/C14H18N4O/c1-3-14(19)17-13-6-4-5-12(10(13)2)15-9-11-7-8-16-18-11/h4-8,15H,3,9H2,1-2H3,(H,16,18)(H,17,19). The molecule has 0 spiro atoms. The van der Waals surface area contributed by atoms with Crippen molar-refractivity contribution in [2.24, 2.45) is 0 Å². The predicted molar refractivity (Wildman–Crippen MR) is 76.0 cm³/mol. The van der Waals surface area contributed by atoms with E-state index in [-0.39, 0.29) is 5.91 Å². The van der Waals surface area contributed by atoms with E-state index in [2.05, 4.69) is 20.8 Å². The van der Waals surface area contributed by atoms with Gasteiger partial charge in [-0.15, -0.1) is 0 Å². The summed E-state index contributed by atoms with van der Waals surface area (Å²) in [6.45, 7) is 4.50. The third kappa shape index (κ3) is 3.34. The molecule has 0 unspecified atom stereocenters. The van der Waals surface area contributed by atoms with Gasteiger partial charge in [0.2, 0.25) is 5.91 Å². The number of amides is 1. The number of carbonyl (C=O) groups excluding carboxylic acids is 1. The van der Waals surface area contributed by atoms with Crippen LogP contribution in [0.4, 0.5) is 11.4 Å².